The first-order valence-corrected chi connectivity index (χ1v) is 8.15. The molecule has 132 valence electrons. The minimum atomic E-state index is -0.283. The largest absolute Gasteiger partial charge is 0.493 e. The lowest BCUT2D eigenvalue weighted by Gasteiger charge is -2.25. The molecular formula is C19H22N2O4. The number of carbonyl (C=O) groups is 1. The molecule has 1 unspecified atom stereocenters. The molecule has 6 heteroatoms. The molecule has 0 saturated heterocycles. The highest BCUT2D eigenvalue weighted by Crippen LogP contribution is 2.29. The Hall–Kier alpha value is -2.73. The lowest BCUT2D eigenvalue weighted by molar-refractivity contribution is 0.0308. The first kappa shape index (κ1) is 17.1. The van der Waals surface area contributed by atoms with Gasteiger partial charge in [-0.25, -0.2) is 4.79 Å². The van der Waals surface area contributed by atoms with E-state index in [-0.39, 0.29) is 12.1 Å². The molecular weight excluding hydrogens is 320 g/mol. The van der Waals surface area contributed by atoms with E-state index in [1.165, 1.54) is 11.1 Å². The van der Waals surface area contributed by atoms with Crippen LogP contribution in [0.25, 0.3) is 0 Å². The third-order valence-corrected chi connectivity index (χ3v) is 4.17. The van der Waals surface area contributed by atoms with Gasteiger partial charge in [0.1, 0.15) is 0 Å². The van der Waals surface area contributed by atoms with E-state index in [2.05, 4.69) is 22.8 Å². The van der Waals surface area contributed by atoms with Gasteiger partial charge in [0.25, 0.3) is 0 Å². The Bertz CT molecular complexity index is 748. The molecule has 0 bridgehead atoms. The van der Waals surface area contributed by atoms with Crippen LogP contribution in [0.5, 0.6) is 11.5 Å². The van der Waals surface area contributed by atoms with E-state index >= 15 is 0 Å². The Morgan fingerprint density at radius 1 is 1.12 bits per heavy atom. The second kappa shape index (κ2) is 7.90. The summed E-state index contributed by atoms with van der Waals surface area (Å²) >= 11 is 0. The number of rotatable bonds is 5. The van der Waals surface area contributed by atoms with E-state index in [4.69, 9.17) is 14.2 Å². The van der Waals surface area contributed by atoms with Gasteiger partial charge in [-0.2, -0.15) is 0 Å². The third kappa shape index (κ3) is 4.22. The fourth-order valence-electron chi connectivity index (χ4n) is 2.84. The number of methoxy groups -OCH3 is 2. The second-order valence-corrected chi connectivity index (χ2v) is 5.81. The van der Waals surface area contributed by atoms with Crippen LogP contribution >= 0.6 is 0 Å². The zero-order valence-corrected chi connectivity index (χ0v) is 14.4. The molecule has 0 radical (unpaired) electrons. The summed E-state index contributed by atoms with van der Waals surface area (Å²) in [5.41, 5.74) is 3.12. The molecule has 1 atom stereocenters. The summed E-state index contributed by atoms with van der Waals surface area (Å²) in [5, 5.41) is 5.64. The van der Waals surface area contributed by atoms with Gasteiger partial charge < -0.3 is 24.8 Å². The quantitative estimate of drug-likeness (QED) is 0.876. The van der Waals surface area contributed by atoms with Gasteiger partial charge in [0.2, 0.25) is 0 Å². The third-order valence-electron chi connectivity index (χ3n) is 4.17. The van der Waals surface area contributed by atoms with E-state index in [1.54, 1.807) is 32.4 Å². The van der Waals surface area contributed by atoms with Gasteiger partial charge in [-0.3, -0.25) is 0 Å². The Morgan fingerprint density at radius 2 is 1.88 bits per heavy atom. The number of anilines is 1. The zero-order valence-electron chi connectivity index (χ0n) is 14.4. The monoisotopic (exact) mass is 342 g/mol. The van der Waals surface area contributed by atoms with Gasteiger partial charge in [-0.1, -0.05) is 24.3 Å². The highest BCUT2D eigenvalue weighted by molar-refractivity contribution is 5.89. The summed E-state index contributed by atoms with van der Waals surface area (Å²) in [6.07, 6.45) is 0.776. The number of benzene rings is 2. The number of hydrogen-bond donors (Lipinski definition) is 2. The summed E-state index contributed by atoms with van der Waals surface area (Å²) in [4.78, 5) is 12.1. The van der Waals surface area contributed by atoms with Gasteiger partial charge in [-0.15, -0.1) is 0 Å². The molecule has 1 aliphatic heterocycles. The number of fused-ring (bicyclic) bond motifs is 1. The molecule has 0 aromatic heterocycles. The van der Waals surface area contributed by atoms with Crippen molar-refractivity contribution >= 4 is 11.7 Å². The lowest BCUT2D eigenvalue weighted by atomic mass is 9.99. The molecule has 25 heavy (non-hydrogen) atoms. The fourth-order valence-corrected chi connectivity index (χ4v) is 2.84. The highest BCUT2D eigenvalue weighted by atomic mass is 16.5. The van der Waals surface area contributed by atoms with E-state index in [0.29, 0.717) is 30.3 Å². The van der Waals surface area contributed by atoms with Crippen molar-refractivity contribution in [2.24, 2.45) is 0 Å². The van der Waals surface area contributed by atoms with Gasteiger partial charge in [0, 0.05) is 24.7 Å². The Balaban J connectivity index is 1.52. The number of carbonyl (C=O) groups excluding carboxylic acids is 1. The standard InChI is InChI=1S/C19H22N2O4/c1-23-17-8-7-15(10-18(17)24-2)21-19(22)20-11-16-9-13-5-3-4-6-14(13)12-25-16/h3-8,10,16H,9,11-12H2,1-2H3,(H2,20,21,22). The van der Waals surface area contributed by atoms with Crippen molar-refractivity contribution in [3.63, 3.8) is 0 Å². The molecule has 0 saturated carbocycles. The molecule has 1 aliphatic rings. The Labute approximate surface area is 147 Å². The van der Waals surface area contributed by atoms with Gasteiger partial charge in [0.05, 0.1) is 26.9 Å². The van der Waals surface area contributed by atoms with Crippen molar-refractivity contribution < 1.29 is 19.0 Å². The molecule has 2 aromatic rings. The van der Waals surface area contributed by atoms with Gasteiger partial charge >= 0.3 is 6.03 Å². The summed E-state index contributed by atoms with van der Waals surface area (Å²) < 4.78 is 16.2. The minimum absolute atomic E-state index is 0.0222. The second-order valence-electron chi connectivity index (χ2n) is 5.81. The Kier molecular flexibility index (Phi) is 5.40. The first-order valence-electron chi connectivity index (χ1n) is 8.15. The van der Waals surface area contributed by atoms with Crippen LogP contribution in [0.3, 0.4) is 0 Å². The Morgan fingerprint density at radius 3 is 2.64 bits per heavy atom. The number of amides is 2. The maximum atomic E-state index is 12.1. The van der Waals surface area contributed by atoms with Crippen molar-refractivity contribution in [3.8, 4) is 11.5 Å². The van der Waals surface area contributed by atoms with E-state index in [0.717, 1.165) is 6.42 Å². The predicted octanol–water partition coefficient (Wildman–Crippen LogP) is 2.97. The van der Waals surface area contributed by atoms with Crippen LogP contribution in [0, 0.1) is 0 Å². The van der Waals surface area contributed by atoms with Crippen molar-refractivity contribution in [1.29, 1.82) is 0 Å². The predicted molar refractivity (Wildman–Crippen MR) is 95.3 cm³/mol. The van der Waals surface area contributed by atoms with Crippen molar-refractivity contribution in [2.45, 2.75) is 19.1 Å². The van der Waals surface area contributed by atoms with Crippen molar-refractivity contribution in [2.75, 3.05) is 26.1 Å². The summed E-state index contributed by atoms with van der Waals surface area (Å²) in [6.45, 7) is 1.03. The molecule has 0 aliphatic carbocycles. The average molecular weight is 342 g/mol. The maximum absolute atomic E-state index is 12.1. The van der Waals surface area contributed by atoms with Crippen molar-refractivity contribution in [3.05, 3.63) is 53.6 Å². The van der Waals surface area contributed by atoms with Crippen molar-refractivity contribution in [1.82, 2.24) is 5.32 Å². The van der Waals surface area contributed by atoms with E-state index < -0.39 is 0 Å². The molecule has 2 aromatic carbocycles. The van der Waals surface area contributed by atoms with E-state index in [1.807, 2.05) is 12.1 Å². The molecule has 2 amide bonds. The first-order chi connectivity index (χ1) is 12.2. The van der Waals surface area contributed by atoms with Crippen LogP contribution < -0.4 is 20.1 Å². The van der Waals surface area contributed by atoms with Crippen LogP contribution in [0.1, 0.15) is 11.1 Å². The van der Waals surface area contributed by atoms with Gasteiger partial charge in [-0.05, 0) is 23.3 Å². The maximum Gasteiger partial charge on any atom is 0.319 e. The topological polar surface area (TPSA) is 68.8 Å². The SMILES string of the molecule is COc1ccc(NC(=O)NCC2Cc3ccccc3CO2)cc1OC. The van der Waals surface area contributed by atoms with Crippen LogP contribution in [0.4, 0.5) is 10.5 Å². The lowest BCUT2D eigenvalue weighted by Crippen LogP contribution is -2.38. The summed E-state index contributed by atoms with van der Waals surface area (Å²) in [6, 6.07) is 13.2. The zero-order chi connectivity index (χ0) is 17.6. The van der Waals surface area contributed by atoms with Crippen LogP contribution in [-0.4, -0.2) is 32.9 Å². The summed E-state index contributed by atoms with van der Waals surface area (Å²) in [7, 11) is 3.12. The van der Waals surface area contributed by atoms with E-state index in [9.17, 15) is 4.79 Å². The van der Waals surface area contributed by atoms with Crippen LogP contribution in [0.2, 0.25) is 0 Å². The molecule has 1 heterocycles. The number of nitrogens with one attached hydrogen (secondary N) is 2. The molecule has 0 spiro atoms. The highest BCUT2D eigenvalue weighted by Gasteiger charge is 2.19. The minimum Gasteiger partial charge on any atom is -0.493 e. The molecule has 6 nitrogen and oxygen atoms in total. The fraction of sp³-hybridized carbons (Fsp3) is 0.316. The van der Waals surface area contributed by atoms with Crippen LogP contribution in [0.15, 0.2) is 42.5 Å². The van der Waals surface area contributed by atoms with Crippen LogP contribution in [-0.2, 0) is 17.8 Å². The van der Waals surface area contributed by atoms with Gasteiger partial charge in [0.15, 0.2) is 11.5 Å². The number of urea groups is 1. The smallest absolute Gasteiger partial charge is 0.319 e. The summed E-state index contributed by atoms with van der Waals surface area (Å²) in [5.74, 6) is 1.18. The molecule has 3 rings (SSSR count). The average Bonchev–Trinajstić information content (AvgIpc) is 2.66. The number of ether oxygens (including phenoxy) is 3. The normalized spacial score (nSPS) is 15.8. The molecule has 2 N–H and O–H groups in total. The number of hydrogen-bond acceptors (Lipinski definition) is 4. The molecule has 0 fully saturated rings.